The maximum atomic E-state index is 13.1. The molecule has 1 rings (SSSR count). The van der Waals surface area contributed by atoms with Gasteiger partial charge in [0.25, 0.3) is 6.43 Å². The first-order valence-electron chi connectivity index (χ1n) is 6.63. The van der Waals surface area contributed by atoms with Gasteiger partial charge in [-0.1, -0.05) is 18.2 Å². The van der Waals surface area contributed by atoms with Crippen LogP contribution in [0.3, 0.4) is 0 Å². The maximum Gasteiger partial charge on any atom is 0.264 e. The average molecular weight is 314 g/mol. The van der Waals surface area contributed by atoms with Crippen LogP contribution in [-0.2, 0) is 17.8 Å². The van der Waals surface area contributed by atoms with Crippen LogP contribution in [0.1, 0.15) is 56.9 Å². The smallest absolute Gasteiger partial charge is 0.264 e. The summed E-state index contributed by atoms with van der Waals surface area (Å²) in [7, 11) is 0. The minimum Gasteiger partial charge on any atom is -0.598 e. The summed E-state index contributed by atoms with van der Waals surface area (Å²) in [5.74, 6) is 0. The Morgan fingerprint density at radius 3 is 2.38 bits per heavy atom. The van der Waals surface area contributed by atoms with Crippen molar-refractivity contribution in [2.75, 3.05) is 0 Å². The lowest BCUT2D eigenvalue weighted by molar-refractivity contribution is 0.150. The molecule has 0 saturated heterocycles. The number of nitrogens with zero attached hydrogens (tertiary/aromatic N) is 1. The monoisotopic (exact) mass is 314 g/mol. The molecule has 0 aromatic heterocycles. The lowest BCUT2D eigenvalue weighted by Gasteiger charge is -2.27. The molecule has 1 aromatic carbocycles. The zero-order valence-corrected chi connectivity index (χ0v) is 13.4. The van der Waals surface area contributed by atoms with E-state index >= 15 is 0 Å². The first-order valence-corrected chi connectivity index (χ1v) is 7.78. The number of benzene rings is 1. The molecule has 0 heterocycles. The molecule has 0 amide bonds. The maximum absolute atomic E-state index is 13.1. The van der Waals surface area contributed by atoms with E-state index in [0.717, 1.165) is 0 Å². The summed E-state index contributed by atoms with van der Waals surface area (Å²) < 4.78 is 40.7. The molecule has 1 N–H and O–H groups in total. The second-order valence-electron chi connectivity index (χ2n) is 5.77. The Bertz CT molecular complexity index is 523. The van der Waals surface area contributed by atoms with E-state index in [1.807, 2.05) is 26.8 Å². The van der Waals surface area contributed by atoms with E-state index in [1.165, 1.54) is 12.1 Å². The van der Waals surface area contributed by atoms with E-state index in [-0.39, 0.29) is 18.0 Å². The molecule has 0 radical (unpaired) electrons. The van der Waals surface area contributed by atoms with Gasteiger partial charge in [-0.3, -0.25) is 0 Å². The van der Waals surface area contributed by atoms with Gasteiger partial charge in [-0.15, -0.1) is 4.72 Å². The van der Waals surface area contributed by atoms with Crippen LogP contribution < -0.4 is 4.72 Å². The van der Waals surface area contributed by atoms with Gasteiger partial charge in [-0.05, 0) is 38.8 Å². The van der Waals surface area contributed by atoms with Crippen molar-refractivity contribution >= 4 is 11.4 Å². The van der Waals surface area contributed by atoms with E-state index in [1.54, 1.807) is 13.0 Å². The van der Waals surface area contributed by atoms with Gasteiger partial charge in [0.2, 0.25) is 0 Å². The van der Waals surface area contributed by atoms with Crippen molar-refractivity contribution in [2.24, 2.45) is 0 Å². The second-order valence-corrected chi connectivity index (χ2v) is 7.77. The molecule has 0 fully saturated rings. The van der Waals surface area contributed by atoms with Crippen LogP contribution in [0.15, 0.2) is 18.2 Å². The van der Waals surface area contributed by atoms with E-state index in [0.29, 0.717) is 11.1 Å². The number of alkyl halides is 2. The third-order valence-corrected chi connectivity index (χ3v) is 4.73. The van der Waals surface area contributed by atoms with Gasteiger partial charge < -0.3 is 4.55 Å². The normalized spacial score (nSPS) is 14.8. The number of nitrogens with one attached hydrogen (secondary N) is 1. The highest BCUT2D eigenvalue weighted by molar-refractivity contribution is 7.90. The van der Waals surface area contributed by atoms with Gasteiger partial charge in [0, 0.05) is 16.9 Å². The Kier molecular flexibility index (Phi) is 6.14. The lowest BCUT2D eigenvalue weighted by Crippen LogP contribution is -2.40. The van der Waals surface area contributed by atoms with E-state index in [2.05, 4.69) is 4.72 Å². The quantitative estimate of drug-likeness (QED) is 0.841. The van der Waals surface area contributed by atoms with Gasteiger partial charge >= 0.3 is 0 Å². The molecule has 21 heavy (non-hydrogen) atoms. The van der Waals surface area contributed by atoms with E-state index in [9.17, 15) is 13.3 Å². The first kappa shape index (κ1) is 17.9. The van der Waals surface area contributed by atoms with Crippen molar-refractivity contribution in [2.45, 2.75) is 51.3 Å². The number of rotatable bonds is 5. The second kappa shape index (κ2) is 7.21. The van der Waals surface area contributed by atoms with Gasteiger partial charge in [0.1, 0.15) is 4.75 Å². The van der Waals surface area contributed by atoms with E-state index in [4.69, 9.17) is 5.26 Å². The van der Waals surface area contributed by atoms with Crippen LogP contribution >= 0.6 is 0 Å². The molecule has 6 heteroatoms. The minimum absolute atomic E-state index is 0.0932. The summed E-state index contributed by atoms with van der Waals surface area (Å²) in [5.41, 5.74) is 0.775. The summed E-state index contributed by atoms with van der Waals surface area (Å²) in [6.07, 6.45) is -2.72. The summed E-state index contributed by atoms with van der Waals surface area (Å²) in [6.45, 7) is 7.24. The van der Waals surface area contributed by atoms with Crippen LogP contribution in [0.2, 0.25) is 0 Å². The van der Waals surface area contributed by atoms with Gasteiger partial charge in [-0.25, -0.2) is 8.78 Å². The third-order valence-electron chi connectivity index (χ3n) is 3.05. The third kappa shape index (κ3) is 4.67. The highest BCUT2D eigenvalue weighted by Gasteiger charge is 2.29. The summed E-state index contributed by atoms with van der Waals surface area (Å²) >= 11 is -1.32. The van der Waals surface area contributed by atoms with Crippen LogP contribution in [-0.4, -0.2) is 9.30 Å². The molecule has 2 atom stereocenters. The van der Waals surface area contributed by atoms with Gasteiger partial charge in [0.15, 0.2) is 0 Å². The fraction of sp³-hybridized carbons (Fsp3) is 0.533. The SMILES string of the molecule is CC(N[S@+]([O-])C(C)(C)C)c1cccc(C(F)F)c1CC#N. The Balaban J connectivity index is 3.12. The Labute approximate surface area is 127 Å². The highest BCUT2D eigenvalue weighted by Crippen LogP contribution is 2.30. The lowest BCUT2D eigenvalue weighted by atomic mass is 9.95. The van der Waals surface area contributed by atoms with Crippen LogP contribution in [0.4, 0.5) is 8.78 Å². The topological polar surface area (TPSA) is 58.9 Å². The first-order chi connectivity index (χ1) is 9.68. The summed E-state index contributed by atoms with van der Waals surface area (Å²) in [6, 6.07) is 6.09. The van der Waals surface area contributed by atoms with Crippen molar-refractivity contribution in [1.29, 1.82) is 5.26 Å². The van der Waals surface area contributed by atoms with Crippen molar-refractivity contribution in [3.05, 3.63) is 34.9 Å². The molecule has 0 aliphatic heterocycles. The molecule has 1 aromatic rings. The fourth-order valence-electron chi connectivity index (χ4n) is 1.92. The van der Waals surface area contributed by atoms with Crippen LogP contribution in [0.25, 0.3) is 0 Å². The van der Waals surface area contributed by atoms with Crippen molar-refractivity contribution in [1.82, 2.24) is 4.72 Å². The Morgan fingerprint density at radius 2 is 1.90 bits per heavy atom. The number of nitriles is 1. The minimum atomic E-state index is -2.63. The molecule has 0 saturated carbocycles. The zero-order chi connectivity index (χ0) is 16.2. The average Bonchev–Trinajstić information content (AvgIpc) is 2.37. The fourth-order valence-corrected chi connectivity index (χ4v) is 2.72. The molecule has 116 valence electrons. The van der Waals surface area contributed by atoms with Crippen molar-refractivity contribution in [3.63, 3.8) is 0 Å². The molecular formula is C15H20F2N2OS. The molecule has 0 aliphatic rings. The molecule has 3 nitrogen and oxygen atoms in total. The van der Waals surface area contributed by atoms with Crippen LogP contribution in [0, 0.1) is 11.3 Å². The van der Waals surface area contributed by atoms with Gasteiger partial charge in [0.05, 0.1) is 18.5 Å². The molecule has 0 aliphatic carbocycles. The van der Waals surface area contributed by atoms with E-state index < -0.39 is 22.5 Å². The highest BCUT2D eigenvalue weighted by atomic mass is 32.2. The van der Waals surface area contributed by atoms with Gasteiger partial charge in [-0.2, -0.15) is 5.26 Å². The number of hydrogen-bond donors (Lipinski definition) is 1. The number of hydrogen-bond acceptors (Lipinski definition) is 3. The van der Waals surface area contributed by atoms with Crippen LogP contribution in [0.5, 0.6) is 0 Å². The number of halogens is 2. The molecule has 0 spiro atoms. The molecular weight excluding hydrogens is 294 g/mol. The molecule has 1 unspecified atom stereocenters. The predicted molar refractivity (Wildman–Crippen MR) is 80.2 cm³/mol. The van der Waals surface area contributed by atoms with Crippen molar-refractivity contribution in [3.8, 4) is 6.07 Å². The molecule has 0 bridgehead atoms. The predicted octanol–water partition coefficient (Wildman–Crippen LogP) is 3.80. The largest absolute Gasteiger partial charge is 0.598 e. The Morgan fingerprint density at radius 1 is 1.33 bits per heavy atom. The summed E-state index contributed by atoms with van der Waals surface area (Å²) in [4.78, 5) is 0. The standard InChI is InChI=1S/C15H20F2N2OS/c1-10(19-21(20)15(2,3)4)11-6-5-7-13(14(16)17)12(11)8-9-18/h5-7,10,14,19H,8H2,1-4H3/t10?,21-/m1/s1. The zero-order valence-electron chi connectivity index (χ0n) is 12.6. The van der Waals surface area contributed by atoms with Crippen molar-refractivity contribution < 1.29 is 13.3 Å². The summed E-state index contributed by atoms with van der Waals surface area (Å²) in [5, 5.41) is 8.87. The Hall–Kier alpha value is -1.16.